The van der Waals surface area contributed by atoms with E-state index in [0.717, 1.165) is 0 Å². The molecule has 1 rings (SSSR count). The number of hydrogen-bond acceptors (Lipinski definition) is 4. The maximum Gasteiger partial charge on any atom is 0.337 e. The zero-order valence-corrected chi connectivity index (χ0v) is 14.4. The Morgan fingerprint density at radius 2 is 2.26 bits per heavy atom. The summed E-state index contributed by atoms with van der Waals surface area (Å²) in [4.78, 5) is 23.2. The van der Waals surface area contributed by atoms with Gasteiger partial charge in [0, 0.05) is 18.2 Å². The summed E-state index contributed by atoms with van der Waals surface area (Å²) in [6.45, 7) is 3.68. The van der Waals surface area contributed by atoms with E-state index < -0.39 is 16.9 Å². The number of rotatable bonds is 6. The Hall–Kier alpha value is -1.85. The van der Waals surface area contributed by atoms with Gasteiger partial charge in [0.05, 0.1) is 17.6 Å². The maximum atomic E-state index is 12.0. The fraction of sp³-hybridized carbons (Fsp3) is 0.412. The number of alkyl halides is 1. The van der Waals surface area contributed by atoms with Crippen molar-refractivity contribution < 1.29 is 14.3 Å². The summed E-state index contributed by atoms with van der Waals surface area (Å²) in [5.41, 5.74) is 6.93. The first kappa shape index (κ1) is 19.2. The average molecular weight is 339 g/mol. The van der Waals surface area contributed by atoms with Crippen LogP contribution in [0.1, 0.15) is 26.7 Å². The number of nitrogens with two attached hydrogens (primary N) is 1. The van der Waals surface area contributed by atoms with Crippen molar-refractivity contribution in [2.24, 2.45) is 5.73 Å². The minimum absolute atomic E-state index is 0.0569. The highest BCUT2D eigenvalue weighted by atomic mass is 35.5. The van der Waals surface area contributed by atoms with Crippen LogP contribution in [-0.2, 0) is 14.3 Å². The molecule has 0 saturated heterocycles. The zero-order valence-electron chi connectivity index (χ0n) is 13.6. The number of methoxy groups -OCH3 is 1. The summed E-state index contributed by atoms with van der Waals surface area (Å²) in [5, 5.41) is 2.77. The van der Waals surface area contributed by atoms with Gasteiger partial charge in [0.15, 0.2) is 0 Å². The Balaban J connectivity index is 2.61. The van der Waals surface area contributed by atoms with Gasteiger partial charge in [0.2, 0.25) is 5.91 Å². The van der Waals surface area contributed by atoms with Gasteiger partial charge in [-0.3, -0.25) is 4.79 Å². The molecule has 0 radical (unpaired) electrons. The van der Waals surface area contributed by atoms with Crippen molar-refractivity contribution in [3.8, 4) is 0 Å². The van der Waals surface area contributed by atoms with Crippen molar-refractivity contribution in [2.75, 3.05) is 7.11 Å². The molecule has 0 heterocycles. The molecule has 2 unspecified atom stereocenters. The molecule has 6 heteroatoms. The Kier molecular flexibility index (Phi) is 7.26. The lowest BCUT2D eigenvalue weighted by Crippen LogP contribution is -2.31. The lowest BCUT2D eigenvalue weighted by atomic mass is 10.0. The predicted octanol–water partition coefficient (Wildman–Crippen LogP) is 2.34. The number of amides is 1. The number of esters is 1. The summed E-state index contributed by atoms with van der Waals surface area (Å²) >= 11 is 6.17. The second-order valence-electron chi connectivity index (χ2n) is 5.50. The normalized spacial score (nSPS) is 22.7. The topological polar surface area (TPSA) is 81.4 Å². The Labute approximate surface area is 141 Å². The van der Waals surface area contributed by atoms with Gasteiger partial charge in [-0.2, -0.15) is 0 Å². The lowest BCUT2D eigenvalue weighted by molar-refractivity contribution is -0.135. The van der Waals surface area contributed by atoms with Crippen LogP contribution in [0.15, 0.2) is 47.7 Å². The van der Waals surface area contributed by atoms with Crippen molar-refractivity contribution in [1.82, 2.24) is 5.32 Å². The molecule has 0 aromatic carbocycles. The maximum absolute atomic E-state index is 12.0. The van der Waals surface area contributed by atoms with Gasteiger partial charge in [0.1, 0.15) is 0 Å². The van der Waals surface area contributed by atoms with Crippen LogP contribution in [0.5, 0.6) is 0 Å². The van der Waals surface area contributed by atoms with Crippen LogP contribution < -0.4 is 11.1 Å². The van der Waals surface area contributed by atoms with Crippen LogP contribution in [-0.4, -0.2) is 29.9 Å². The quantitative estimate of drug-likeness (QED) is 0.337. The molecule has 0 aromatic rings. The van der Waals surface area contributed by atoms with Crippen molar-refractivity contribution in [3.05, 3.63) is 47.7 Å². The van der Waals surface area contributed by atoms with E-state index in [9.17, 15) is 9.59 Å². The molecule has 1 amide bonds. The molecular weight excluding hydrogens is 316 g/mol. The number of nitrogens with one attached hydrogen (secondary N) is 1. The summed E-state index contributed by atoms with van der Waals surface area (Å²) < 4.78 is 4.67. The lowest BCUT2D eigenvalue weighted by Gasteiger charge is -2.20. The molecule has 0 aromatic heterocycles. The second-order valence-corrected chi connectivity index (χ2v) is 6.37. The largest absolute Gasteiger partial charge is 0.465 e. The van der Waals surface area contributed by atoms with Crippen molar-refractivity contribution in [2.45, 2.75) is 37.6 Å². The molecule has 0 aliphatic heterocycles. The molecule has 0 spiro atoms. The molecule has 0 bridgehead atoms. The van der Waals surface area contributed by atoms with E-state index in [1.807, 2.05) is 19.1 Å². The van der Waals surface area contributed by atoms with Gasteiger partial charge < -0.3 is 15.8 Å². The van der Waals surface area contributed by atoms with Crippen LogP contribution in [0.4, 0.5) is 0 Å². The van der Waals surface area contributed by atoms with E-state index in [1.54, 1.807) is 25.2 Å². The van der Waals surface area contributed by atoms with E-state index in [2.05, 4.69) is 10.1 Å². The monoisotopic (exact) mass is 338 g/mol. The van der Waals surface area contributed by atoms with Crippen LogP contribution in [0.25, 0.3) is 0 Å². The van der Waals surface area contributed by atoms with Crippen LogP contribution in [0.2, 0.25) is 0 Å². The summed E-state index contributed by atoms with van der Waals surface area (Å²) in [5.74, 6) is -0.717. The molecule has 1 aliphatic rings. The number of ether oxygens (including phenoxy) is 1. The third-order valence-corrected chi connectivity index (χ3v) is 3.48. The molecule has 0 fully saturated rings. The molecule has 2 atom stereocenters. The summed E-state index contributed by atoms with van der Waals surface area (Å²) in [6, 6.07) is -0.591. The number of halogens is 1. The van der Waals surface area contributed by atoms with Crippen molar-refractivity contribution in [3.63, 3.8) is 0 Å². The highest BCUT2D eigenvalue weighted by Crippen LogP contribution is 2.26. The van der Waals surface area contributed by atoms with Crippen LogP contribution in [0.3, 0.4) is 0 Å². The smallest absolute Gasteiger partial charge is 0.337 e. The van der Waals surface area contributed by atoms with E-state index in [-0.39, 0.29) is 12.3 Å². The Morgan fingerprint density at radius 1 is 1.57 bits per heavy atom. The molecule has 126 valence electrons. The number of allylic oxidation sites excluding steroid dienone is 4. The third kappa shape index (κ3) is 6.84. The van der Waals surface area contributed by atoms with E-state index in [1.165, 1.54) is 13.2 Å². The first-order valence-electron chi connectivity index (χ1n) is 7.34. The fourth-order valence-corrected chi connectivity index (χ4v) is 2.15. The van der Waals surface area contributed by atoms with Gasteiger partial charge in [-0.1, -0.05) is 30.4 Å². The molecule has 23 heavy (non-hydrogen) atoms. The SMILES string of the molecule is CC=CC(=CC(N)CC(=O)NC1=CCC(C)(Cl)C=C1)C(=O)OC. The predicted molar refractivity (Wildman–Crippen MR) is 91.7 cm³/mol. The molecule has 3 N–H and O–H groups in total. The summed E-state index contributed by atoms with van der Waals surface area (Å²) in [7, 11) is 1.30. The second kappa shape index (κ2) is 8.70. The van der Waals surface area contributed by atoms with Gasteiger partial charge in [-0.15, -0.1) is 11.6 Å². The van der Waals surface area contributed by atoms with Crippen LogP contribution in [0, 0.1) is 0 Å². The van der Waals surface area contributed by atoms with E-state index in [4.69, 9.17) is 17.3 Å². The standard InChI is InChI=1S/C17H23ClN2O3/c1-4-5-12(16(22)23-3)10-13(19)11-15(21)20-14-6-8-17(2,18)9-7-14/h4-8,10,13H,9,11,19H2,1-3H3,(H,20,21). The van der Waals surface area contributed by atoms with Crippen molar-refractivity contribution >= 4 is 23.5 Å². The fourth-order valence-electron chi connectivity index (χ4n) is 2.01. The molecular formula is C17H23ClN2O3. The van der Waals surface area contributed by atoms with Crippen LogP contribution >= 0.6 is 11.6 Å². The van der Waals surface area contributed by atoms with Crippen molar-refractivity contribution in [1.29, 1.82) is 0 Å². The Bertz CT molecular complexity index is 574. The van der Waals surface area contributed by atoms with Gasteiger partial charge in [-0.25, -0.2) is 4.79 Å². The van der Waals surface area contributed by atoms with E-state index >= 15 is 0 Å². The number of carbonyl (C=O) groups excluding carboxylic acids is 2. The first-order valence-corrected chi connectivity index (χ1v) is 7.72. The summed E-state index contributed by atoms with van der Waals surface area (Å²) in [6.07, 6.45) is 11.0. The highest BCUT2D eigenvalue weighted by Gasteiger charge is 2.19. The van der Waals surface area contributed by atoms with E-state index in [0.29, 0.717) is 17.7 Å². The van der Waals surface area contributed by atoms with Gasteiger partial charge >= 0.3 is 5.97 Å². The molecule has 0 saturated carbocycles. The highest BCUT2D eigenvalue weighted by molar-refractivity contribution is 6.25. The minimum Gasteiger partial charge on any atom is -0.465 e. The molecule has 1 aliphatic carbocycles. The Morgan fingerprint density at radius 3 is 2.78 bits per heavy atom. The average Bonchev–Trinajstić information content (AvgIpc) is 2.48. The van der Waals surface area contributed by atoms with Gasteiger partial charge in [0.25, 0.3) is 0 Å². The van der Waals surface area contributed by atoms with Gasteiger partial charge in [-0.05, 0) is 26.3 Å². The minimum atomic E-state index is -0.591. The zero-order chi connectivity index (χ0) is 17.5. The third-order valence-electron chi connectivity index (χ3n) is 3.20. The number of hydrogen-bond donors (Lipinski definition) is 2. The molecule has 5 nitrogen and oxygen atoms in total. The first-order chi connectivity index (χ1) is 10.8. The number of carbonyl (C=O) groups is 2.